The molecule has 2 amide bonds. The predicted molar refractivity (Wildman–Crippen MR) is 93.3 cm³/mol. The maximum atomic E-state index is 12.3. The average Bonchev–Trinajstić information content (AvgIpc) is 3.23. The van der Waals surface area contributed by atoms with E-state index in [1.54, 1.807) is 28.6 Å². The third-order valence-corrected chi connectivity index (χ3v) is 5.05. The Morgan fingerprint density at radius 2 is 2.42 bits per heavy atom. The Bertz CT molecular complexity index is 674. The van der Waals surface area contributed by atoms with Gasteiger partial charge in [-0.05, 0) is 12.1 Å². The van der Waals surface area contributed by atoms with E-state index in [2.05, 4.69) is 29.1 Å². The molecule has 0 bridgehead atoms. The second-order valence-electron chi connectivity index (χ2n) is 6.15. The third-order valence-electron chi connectivity index (χ3n) is 3.85. The van der Waals surface area contributed by atoms with Gasteiger partial charge in [0.05, 0.1) is 30.0 Å². The summed E-state index contributed by atoms with van der Waals surface area (Å²) in [5, 5.41) is 6.05. The summed E-state index contributed by atoms with van der Waals surface area (Å²) in [6, 6.07) is 3.66. The highest BCUT2D eigenvalue weighted by molar-refractivity contribution is 7.09. The molecule has 0 aliphatic carbocycles. The number of urea groups is 1. The Labute approximate surface area is 145 Å². The molecule has 2 aromatic rings. The van der Waals surface area contributed by atoms with E-state index < -0.39 is 0 Å². The van der Waals surface area contributed by atoms with Gasteiger partial charge >= 0.3 is 6.03 Å². The number of hydrogen-bond donors (Lipinski definition) is 1. The first-order chi connectivity index (χ1) is 11.6. The molecule has 128 valence electrons. The number of nitrogens with zero attached hydrogens (tertiary/aromatic N) is 3. The van der Waals surface area contributed by atoms with Crippen LogP contribution in [0.2, 0.25) is 0 Å². The Hall–Kier alpha value is -2.15. The van der Waals surface area contributed by atoms with Crippen LogP contribution in [0.4, 0.5) is 4.79 Å². The maximum Gasteiger partial charge on any atom is 0.317 e. The number of aromatic nitrogens is 2. The number of amides is 2. The lowest BCUT2D eigenvalue weighted by Crippen LogP contribution is -2.39. The topological polar surface area (TPSA) is 67.4 Å². The fourth-order valence-corrected chi connectivity index (χ4v) is 3.40. The zero-order valence-electron chi connectivity index (χ0n) is 13.9. The van der Waals surface area contributed by atoms with Crippen molar-refractivity contribution in [1.29, 1.82) is 0 Å². The minimum absolute atomic E-state index is 0.0202. The van der Waals surface area contributed by atoms with Crippen molar-refractivity contribution in [2.24, 2.45) is 0 Å². The molecule has 1 fully saturated rings. The molecule has 7 heteroatoms. The van der Waals surface area contributed by atoms with Crippen molar-refractivity contribution in [2.45, 2.75) is 38.8 Å². The molecule has 0 spiro atoms. The van der Waals surface area contributed by atoms with Crippen molar-refractivity contribution in [3.05, 3.63) is 40.6 Å². The molecule has 24 heavy (non-hydrogen) atoms. The molecule has 1 saturated heterocycles. The Kier molecular flexibility index (Phi) is 5.30. The molecular formula is C17H22N4O2S. The SMILES string of the molecule is CC(C)c1nc(CNC(=O)N2CC[C@@H](Oc3cccnc3)C2)cs1. The first-order valence-electron chi connectivity index (χ1n) is 8.15. The fourth-order valence-electron chi connectivity index (χ4n) is 2.57. The van der Waals surface area contributed by atoms with Crippen molar-refractivity contribution in [1.82, 2.24) is 20.2 Å². The monoisotopic (exact) mass is 346 g/mol. The van der Waals surface area contributed by atoms with Crippen molar-refractivity contribution < 1.29 is 9.53 Å². The molecule has 0 aromatic carbocycles. The number of carbonyl (C=O) groups is 1. The third kappa shape index (κ3) is 4.23. The first-order valence-corrected chi connectivity index (χ1v) is 9.03. The van der Waals surface area contributed by atoms with Crippen LogP contribution < -0.4 is 10.1 Å². The van der Waals surface area contributed by atoms with Crippen LogP contribution in [0.25, 0.3) is 0 Å². The van der Waals surface area contributed by atoms with Gasteiger partial charge in [-0.3, -0.25) is 4.98 Å². The highest BCUT2D eigenvalue weighted by Crippen LogP contribution is 2.20. The standard InChI is InChI=1S/C17H22N4O2S/c1-12(2)16-20-13(11-24-16)8-19-17(22)21-7-5-15(10-21)23-14-4-3-6-18-9-14/h3-4,6,9,11-12,15H,5,7-8,10H2,1-2H3,(H,19,22)/t15-/m1/s1. The first kappa shape index (κ1) is 16.7. The quantitative estimate of drug-likeness (QED) is 0.904. The number of carbonyl (C=O) groups excluding carboxylic acids is 1. The van der Waals surface area contributed by atoms with E-state index in [9.17, 15) is 4.79 Å². The molecular weight excluding hydrogens is 324 g/mol. The van der Waals surface area contributed by atoms with E-state index >= 15 is 0 Å². The normalized spacial score (nSPS) is 17.3. The van der Waals surface area contributed by atoms with Crippen LogP contribution in [-0.4, -0.2) is 40.1 Å². The highest BCUT2D eigenvalue weighted by Gasteiger charge is 2.27. The van der Waals surface area contributed by atoms with E-state index in [1.807, 2.05) is 17.5 Å². The van der Waals surface area contributed by atoms with Crippen LogP contribution in [0.3, 0.4) is 0 Å². The number of pyridine rings is 1. The predicted octanol–water partition coefficient (Wildman–Crippen LogP) is 3.02. The van der Waals surface area contributed by atoms with Gasteiger partial charge in [-0.15, -0.1) is 11.3 Å². The Morgan fingerprint density at radius 3 is 3.12 bits per heavy atom. The lowest BCUT2D eigenvalue weighted by atomic mass is 10.2. The zero-order valence-corrected chi connectivity index (χ0v) is 14.8. The molecule has 0 unspecified atom stereocenters. The summed E-state index contributed by atoms with van der Waals surface area (Å²) in [4.78, 5) is 22.6. The number of likely N-dealkylation sites (tertiary alicyclic amines) is 1. The molecule has 3 rings (SSSR count). The molecule has 1 aliphatic rings. The van der Waals surface area contributed by atoms with Crippen LogP contribution in [0, 0.1) is 0 Å². The largest absolute Gasteiger partial charge is 0.487 e. The van der Waals surface area contributed by atoms with Crippen LogP contribution in [0.5, 0.6) is 5.75 Å². The van der Waals surface area contributed by atoms with Gasteiger partial charge in [-0.25, -0.2) is 9.78 Å². The van der Waals surface area contributed by atoms with Gasteiger partial charge in [0.1, 0.15) is 11.9 Å². The van der Waals surface area contributed by atoms with Gasteiger partial charge < -0.3 is 15.0 Å². The summed E-state index contributed by atoms with van der Waals surface area (Å²) >= 11 is 1.64. The van der Waals surface area contributed by atoms with E-state index in [4.69, 9.17) is 4.74 Å². The van der Waals surface area contributed by atoms with Gasteiger partial charge in [-0.2, -0.15) is 0 Å². The zero-order chi connectivity index (χ0) is 16.9. The molecule has 0 radical (unpaired) electrons. The van der Waals surface area contributed by atoms with E-state index in [0.717, 1.165) is 22.9 Å². The van der Waals surface area contributed by atoms with Crippen molar-refractivity contribution in [3.8, 4) is 5.75 Å². The molecule has 1 aliphatic heterocycles. The summed E-state index contributed by atoms with van der Waals surface area (Å²) in [6.45, 7) is 5.99. The van der Waals surface area contributed by atoms with Crippen LogP contribution in [-0.2, 0) is 6.54 Å². The molecule has 1 N–H and O–H groups in total. The summed E-state index contributed by atoms with van der Waals surface area (Å²) in [6.07, 6.45) is 4.25. The smallest absolute Gasteiger partial charge is 0.317 e. The summed E-state index contributed by atoms with van der Waals surface area (Å²) in [7, 11) is 0. The number of hydrogen-bond acceptors (Lipinski definition) is 5. The van der Waals surface area contributed by atoms with E-state index in [1.165, 1.54) is 0 Å². The number of rotatable bonds is 5. The molecule has 2 aromatic heterocycles. The van der Waals surface area contributed by atoms with Crippen molar-refractivity contribution in [2.75, 3.05) is 13.1 Å². The Balaban J connectivity index is 1.46. The van der Waals surface area contributed by atoms with Gasteiger partial charge in [-0.1, -0.05) is 13.8 Å². The summed E-state index contributed by atoms with van der Waals surface area (Å²) < 4.78 is 5.85. The van der Waals surface area contributed by atoms with Gasteiger partial charge in [0, 0.05) is 30.5 Å². The molecule has 1 atom stereocenters. The maximum absolute atomic E-state index is 12.3. The van der Waals surface area contributed by atoms with Gasteiger partial charge in [0.15, 0.2) is 0 Å². The molecule has 3 heterocycles. The minimum atomic E-state index is -0.0635. The average molecular weight is 346 g/mol. The second-order valence-corrected chi connectivity index (χ2v) is 7.04. The van der Waals surface area contributed by atoms with Crippen LogP contribution in [0.1, 0.15) is 36.9 Å². The van der Waals surface area contributed by atoms with Gasteiger partial charge in [0.25, 0.3) is 0 Å². The van der Waals surface area contributed by atoms with Crippen molar-refractivity contribution >= 4 is 17.4 Å². The lowest BCUT2D eigenvalue weighted by molar-refractivity contribution is 0.186. The van der Waals surface area contributed by atoms with Crippen molar-refractivity contribution in [3.63, 3.8) is 0 Å². The van der Waals surface area contributed by atoms with Crippen LogP contribution >= 0.6 is 11.3 Å². The van der Waals surface area contributed by atoms with Crippen LogP contribution in [0.15, 0.2) is 29.9 Å². The van der Waals surface area contributed by atoms with E-state index in [-0.39, 0.29) is 12.1 Å². The highest BCUT2D eigenvalue weighted by atomic mass is 32.1. The Morgan fingerprint density at radius 1 is 1.54 bits per heavy atom. The number of thiazole rings is 1. The summed E-state index contributed by atoms with van der Waals surface area (Å²) in [5.41, 5.74) is 0.916. The summed E-state index contributed by atoms with van der Waals surface area (Å²) in [5.74, 6) is 1.16. The number of ether oxygens (including phenoxy) is 1. The number of nitrogens with one attached hydrogen (secondary N) is 1. The minimum Gasteiger partial charge on any atom is -0.487 e. The van der Waals surface area contributed by atoms with Gasteiger partial charge in [0.2, 0.25) is 0 Å². The molecule has 6 nitrogen and oxygen atoms in total. The lowest BCUT2D eigenvalue weighted by Gasteiger charge is -2.17. The molecule has 0 saturated carbocycles. The fraction of sp³-hybridized carbons (Fsp3) is 0.471. The second kappa shape index (κ2) is 7.61. The van der Waals surface area contributed by atoms with E-state index in [0.29, 0.717) is 25.6 Å².